The Labute approximate surface area is 191 Å². The lowest BCUT2D eigenvalue weighted by molar-refractivity contribution is 0.414. The highest BCUT2D eigenvalue weighted by Gasteiger charge is 2.42. The Kier molecular flexibility index (Phi) is 4.76. The predicted octanol–water partition coefficient (Wildman–Crippen LogP) is 6.35. The van der Waals surface area contributed by atoms with Crippen LogP contribution in [0.25, 0.3) is 11.3 Å². The molecule has 2 heterocycles. The summed E-state index contributed by atoms with van der Waals surface area (Å²) in [6.07, 6.45) is 2.16. The molecule has 4 nitrogen and oxygen atoms in total. The molecule has 0 fully saturated rings. The molecule has 0 unspecified atom stereocenters. The van der Waals surface area contributed by atoms with E-state index in [0.717, 1.165) is 35.0 Å². The average Bonchev–Trinajstić information content (AvgIpc) is 3.50. The number of benzene rings is 3. The number of aromatic nitrogens is 1. The van der Waals surface area contributed by atoms with Crippen molar-refractivity contribution in [2.75, 3.05) is 12.1 Å². The smallest absolute Gasteiger partial charge is 0.207 e. The van der Waals surface area contributed by atoms with Crippen molar-refractivity contribution in [2.24, 2.45) is 11.0 Å². The van der Waals surface area contributed by atoms with E-state index in [4.69, 9.17) is 14.8 Å². The van der Waals surface area contributed by atoms with Crippen LogP contribution in [-0.2, 0) is 6.42 Å². The van der Waals surface area contributed by atoms with Gasteiger partial charge in [0.05, 0.1) is 24.6 Å². The van der Waals surface area contributed by atoms with Crippen molar-refractivity contribution < 1.29 is 4.74 Å². The van der Waals surface area contributed by atoms with E-state index in [1.165, 1.54) is 22.4 Å². The normalized spacial score (nSPS) is 19.3. The largest absolute Gasteiger partial charge is 0.497 e. The van der Waals surface area contributed by atoms with Gasteiger partial charge in [0, 0.05) is 22.4 Å². The van der Waals surface area contributed by atoms with Gasteiger partial charge in [0.2, 0.25) is 5.13 Å². The summed E-state index contributed by atoms with van der Waals surface area (Å²) in [7, 11) is 1.71. The van der Waals surface area contributed by atoms with Crippen LogP contribution >= 0.6 is 11.3 Å². The van der Waals surface area contributed by atoms with Crippen LogP contribution in [0.2, 0.25) is 0 Å². The molecule has 0 bridgehead atoms. The third-order valence-electron chi connectivity index (χ3n) is 6.44. The van der Waals surface area contributed by atoms with Crippen LogP contribution in [0, 0.1) is 5.92 Å². The maximum absolute atomic E-state index is 5.40. The second kappa shape index (κ2) is 7.92. The van der Waals surface area contributed by atoms with E-state index in [2.05, 4.69) is 71.1 Å². The van der Waals surface area contributed by atoms with E-state index in [1.54, 1.807) is 18.4 Å². The predicted molar refractivity (Wildman–Crippen MR) is 131 cm³/mol. The van der Waals surface area contributed by atoms with Gasteiger partial charge in [-0.3, -0.25) is 0 Å². The highest BCUT2D eigenvalue weighted by molar-refractivity contribution is 7.14. The molecule has 0 radical (unpaired) electrons. The molecule has 6 rings (SSSR count). The molecular formula is C27H23N3OS. The fraction of sp³-hybridized carbons (Fsp3) is 0.185. The summed E-state index contributed by atoms with van der Waals surface area (Å²) in [6, 6.07) is 27.6. The number of aryl methyl sites for hydroxylation is 1. The van der Waals surface area contributed by atoms with Crippen LogP contribution in [-0.4, -0.2) is 17.8 Å². The number of hydrogen-bond acceptors (Lipinski definition) is 5. The molecule has 2 atom stereocenters. The monoisotopic (exact) mass is 437 g/mol. The quantitative estimate of drug-likeness (QED) is 0.373. The molecule has 1 aromatic heterocycles. The molecule has 0 saturated heterocycles. The van der Waals surface area contributed by atoms with E-state index < -0.39 is 0 Å². The van der Waals surface area contributed by atoms with Crippen LogP contribution in [0.15, 0.2) is 89.3 Å². The van der Waals surface area contributed by atoms with Gasteiger partial charge in [-0.05, 0) is 36.1 Å². The third kappa shape index (κ3) is 3.21. The summed E-state index contributed by atoms with van der Waals surface area (Å²) in [5, 5.41) is 10.4. The van der Waals surface area contributed by atoms with Crippen molar-refractivity contribution in [3.05, 3.63) is 101 Å². The summed E-state index contributed by atoms with van der Waals surface area (Å²) in [5.41, 5.74) is 7.22. The van der Waals surface area contributed by atoms with E-state index in [1.807, 2.05) is 18.2 Å². The van der Waals surface area contributed by atoms with Gasteiger partial charge in [-0.25, -0.2) is 9.99 Å². The minimum atomic E-state index is 0.124. The second-order valence-electron chi connectivity index (χ2n) is 8.23. The highest BCUT2D eigenvalue weighted by atomic mass is 32.1. The van der Waals surface area contributed by atoms with E-state index in [9.17, 15) is 0 Å². The van der Waals surface area contributed by atoms with E-state index >= 15 is 0 Å². The summed E-state index contributed by atoms with van der Waals surface area (Å²) < 4.78 is 5.40. The Morgan fingerprint density at radius 1 is 0.938 bits per heavy atom. The van der Waals surface area contributed by atoms with Gasteiger partial charge in [-0.1, -0.05) is 66.7 Å². The van der Waals surface area contributed by atoms with Gasteiger partial charge in [0.1, 0.15) is 5.75 Å². The fourth-order valence-electron chi connectivity index (χ4n) is 4.87. The minimum absolute atomic E-state index is 0.124. The average molecular weight is 438 g/mol. The number of thiazole rings is 1. The molecule has 1 aliphatic heterocycles. The first-order valence-corrected chi connectivity index (χ1v) is 11.8. The second-order valence-corrected chi connectivity index (χ2v) is 9.07. The molecule has 4 aromatic rings. The first-order chi connectivity index (χ1) is 15.8. The third-order valence-corrected chi connectivity index (χ3v) is 7.27. The minimum Gasteiger partial charge on any atom is -0.497 e. The zero-order chi connectivity index (χ0) is 21.5. The van der Waals surface area contributed by atoms with E-state index in [0.29, 0.717) is 5.92 Å². The molecule has 0 spiro atoms. The Morgan fingerprint density at radius 2 is 1.72 bits per heavy atom. The first-order valence-electron chi connectivity index (χ1n) is 10.9. The standard InChI is InChI=1S/C27H23N3OS/c1-31-21-14-11-20(12-15-21)26-23-16-13-18-7-5-6-10-22(18)25(23)29-30(26)27-28-24(17-32-27)19-8-3-2-4-9-19/h2-12,14-15,17,23,26H,13,16H2,1H3/t23-,26+/m1/s1. The number of anilines is 1. The summed E-state index contributed by atoms with van der Waals surface area (Å²) in [5.74, 6) is 1.21. The molecule has 3 aromatic carbocycles. The molecular weight excluding hydrogens is 414 g/mol. The maximum atomic E-state index is 5.40. The van der Waals surface area contributed by atoms with Crippen LogP contribution in [0.3, 0.4) is 0 Å². The number of rotatable bonds is 4. The van der Waals surface area contributed by atoms with Crippen LogP contribution < -0.4 is 9.75 Å². The van der Waals surface area contributed by atoms with Gasteiger partial charge in [0.15, 0.2) is 0 Å². The Balaban J connectivity index is 1.45. The number of nitrogens with zero attached hydrogens (tertiary/aromatic N) is 3. The molecule has 158 valence electrons. The maximum Gasteiger partial charge on any atom is 0.207 e. The lowest BCUT2D eigenvalue weighted by Gasteiger charge is -2.29. The molecule has 2 aliphatic rings. The van der Waals surface area contributed by atoms with Gasteiger partial charge in [-0.2, -0.15) is 5.10 Å². The molecule has 5 heteroatoms. The van der Waals surface area contributed by atoms with Crippen molar-refractivity contribution >= 4 is 22.2 Å². The Hall–Kier alpha value is -3.44. The van der Waals surface area contributed by atoms with Crippen molar-refractivity contribution in [1.82, 2.24) is 4.98 Å². The number of fused-ring (bicyclic) bond motifs is 3. The highest BCUT2D eigenvalue weighted by Crippen LogP contribution is 2.46. The number of ether oxygens (including phenoxy) is 1. The Bertz CT molecular complexity index is 1280. The fourth-order valence-corrected chi connectivity index (χ4v) is 5.69. The van der Waals surface area contributed by atoms with Gasteiger partial charge < -0.3 is 4.74 Å². The van der Waals surface area contributed by atoms with Gasteiger partial charge in [0.25, 0.3) is 0 Å². The van der Waals surface area contributed by atoms with Crippen LogP contribution in [0.4, 0.5) is 5.13 Å². The molecule has 1 aliphatic carbocycles. The zero-order valence-corrected chi connectivity index (χ0v) is 18.6. The first kappa shape index (κ1) is 19.3. The van der Waals surface area contributed by atoms with Gasteiger partial charge in [-0.15, -0.1) is 11.3 Å². The number of methoxy groups -OCH3 is 1. The summed E-state index contributed by atoms with van der Waals surface area (Å²) in [4.78, 5) is 5.00. The lowest BCUT2D eigenvalue weighted by atomic mass is 9.77. The lowest BCUT2D eigenvalue weighted by Crippen LogP contribution is -2.28. The van der Waals surface area contributed by atoms with Crippen molar-refractivity contribution in [3.63, 3.8) is 0 Å². The molecule has 0 amide bonds. The van der Waals surface area contributed by atoms with Crippen LogP contribution in [0.5, 0.6) is 5.75 Å². The molecule has 0 saturated carbocycles. The summed E-state index contributed by atoms with van der Waals surface area (Å²) >= 11 is 1.66. The van der Waals surface area contributed by atoms with E-state index in [-0.39, 0.29) is 6.04 Å². The topological polar surface area (TPSA) is 37.7 Å². The molecule has 32 heavy (non-hydrogen) atoms. The number of hydrogen-bond donors (Lipinski definition) is 0. The van der Waals surface area contributed by atoms with Crippen molar-refractivity contribution in [3.8, 4) is 17.0 Å². The van der Waals surface area contributed by atoms with Crippen LogP contribution in [0.1, 0.15) is 29.2 Å². The zero-order valence-electron chi connectivity index (χ0n) is 17.8. The van der Waals surface area contributed by atoms with Gasteiger partial charge >= 0.3 is 0 Å². The number of hydrazone groups is 1. The SMILES string of the molecule is COc1ccc([C@H]2[C@@H]3CCc4ccccc4C3=NN2c2nc(-c3ccccc3)cs2)cc1. The van der Waals surface area contributed by atoms with Crippen molar-refractivity contribution in [1.29, 1.82) is 0 Å². The summed E-state index contributed by atoms with van der Waals surface area (Å²) in [6.45, 7) is 0. The molecule has 0 N–H and O–H groups in total. The Morgan fingerprint density at radius 3 is 2.53 bits per heavy atom. The van der Waals surface area contributed by atoms with Crippen molar-refractivity contribution in [2.45, 2.75) is 18.9 Å².